The average molecular weight is 256 g/mol. The number of aliphatic hydroxyl groups is 1. The van der Waals surface area contributed by atoms with Crippen molar-refractivity contribution in [1.82, 2.24) is 9.78 Å². The first-order valence-corrected chi connectivity index (χ1v) is 7.02. The van der Waals surface area contributed by atoms with E-state index in [1.165, 1.54) is 6.42 Å². The molecule has 0 bridgehead atoms. The lowest BCUT2D eigenvalue weighted by Gasteiger charge is -2.31. The second kappa shape index (κ2) is 5.17. The Morgan fingerprint density at radius 3 is 2.68 bits per heavy atom. The van der Waals surface area contributed by atoms with Crippen LogP contribution in [0.5, 0.6) is 0 Å². The van der Waals surface area contributed by atoms with Gasteiger partial charge in [-0.25, -0.2) is 0 Å². The molecule has 1 aliphatic carbocycles. The first kappa shape index (κ1) is 12.4. The van der Waals surface area contributed by atoms with Crippen LogP contribution in [-0.2, 0) is 0 Å². The Labute approximate surface area is 113 Å². The standard InChI is InChI=1S/C16H20N2O/c1-12-7-8-15(16(19)11-12)18-10-9-14(17-18)13-5-3-2-4-6-13/h2-6,9-10,12,15-16,19H,7-8,11H2,1H3/t12?,15-,16?/m1/s1. The Balaban J connectivity index is 1.82. The van der Waals surface area contributed by atoms with Crippen molar-refractivity contribution in [3.8, 4) is 11.3 Å². The molecule has 1 aromatic heterocycles. The summed E-state index contributed by atoms with van der Waals surface area (Å²) in [6.07, 6.45) is 4.78. The van der Waals surface area contributed by atoms with Crippen LogP contribution in [0, 0.1) is 5.92 Å². The van der Waals surface area contributed by atoms with E-state index < -0.39 is 0 Å². The Kier molecular flexibility index (Phi) is 3.38. The van der Waals surface area contributed by atoms with Gasteiger partial charge in [0.25, 0.3) is 0 Å². The normalized spacial score (nSPS) is 27.4. The van der Waals surface area contributed by atoms with Crippen molar-refractivity contribution in [3.63, 3.8) is 0 Å². The molecule has 0 radical (unpaired) electrons. The molecule has 1 heterocycles. The largest absolute Gasteiger partial charge is 0.391 e. The molecule has 3 nitrogen and oxygen atoms in total. The van der Waals surface area contributed by atoms with Crippen LogP contribution in [0.3, 0.4) is 0 Å². The van der Waals surface area contributed by atoms with Crippen molar-refractivity contribution >= 4 is 0 Å². The highest BCUT2D eigenvalue weighted by Crippen LogP contribution is 2.32. The minimum Gasteiger partial charge on any atom is -0.391 e. The molecule has 3 heteroatoms. The number of benzene rings is 1. The van der Waals surface area contributed by atoms with E-state index in [0.717, 1.165) is 24.1 Å². The van der Waals surface area contributed by atoms with E-state index in [-0.39, 0.29) is 12.1 Å². The smallest absolute Gasteiger partial charge is 0.0923 e. The number of nitrogens with zero attached hydrogens (tertiary/aromatic N) is 2. The molecule has 0 aliphatic heterocycles. The first-order chi connectivity index (χ1) is 9.24. The average Bonchev–Trinajstić information content (AvgIpc) is 2.89. The van der Waals surface area contributed by atoms with Crippen LogP contribution >= 0.6 is 0 Å². The van der Waals surface area contributed by atoms with Crippen molar-refractivity contribution in [2.75, 3.05) is 0 Å². The van der Waals surface area contributed by atoms with Gasteiger partial charge in [0.05, 0.1) is 17.8 Å². The number of aliphatic hydroxyl groups excluding tert-OH is 1. The van der Waals surface area contributed by atoms with E-state index in [4.69, 9.17) is 0 Å². The maximum Gasteiger partial charge on any atom is 0.0923 e. The summed E-state index contributed by atoms with van der Waals surface area (Å²) >= 11 is 0. The van der Waals surface area contributed by atoms with Crippen LogP contribution in [0.2, 0.25) is 0 Å². The molecule has 100 valence electrons. The molecule has 1 saturated carbocycles. The summed E-state index contributed by atoms with van der Waals surface area (Å²) in [5.74, 6) is 0.621. The number of rotatable bonds is 2. The molecular weight excluding hydrogens is 236 g/mol. The number of hydrogen-bond donors (Lipinski definition) is 1. The molecule has 0 spiro atoms. The fraction of sp³-hybridized carbons (Fsp3) is 0.438. The van der Waals surface area contributed by atoms with Crippen LogP contribution in [0.25, 0.3) is 11.3 Å². The molecule has 1 N–H and O–H groups in total. The Hall–Kier alpha value is -1.61. The molecule has 2 unspecified atom stereocenters. The Morgan fingerprint density at radius 2 is 1.95 bits per heavy atom. The highest BCUT2D eigenvalue weighted by molar-refractivity contribution is 5.58. The summed E-state index contributed by atoms with van der Waals surface area (Å²) in [6.45, 7) is 2.21. The topological polar surface area (TPSA) is 38.0 Å². The SMILES string of the molecule is CC1CC[C@@H](n2ccc(-c3ccccc3)n2)C(O)C1. The van der Waals surface area contributed by atoms with Crippen LogP contribution in [0.15, 0.2) is 42.6 Å². The van der Waals surface area contributed by atoms with Gasteiger partial charge < -0.3 is 5.11 Å². The summed E-state index contributed by atoms with van der Waals surface area (Å²) in [7, 11) is 0. The summed E-state index contributed by atoms with van der Waals surface area (Å²) in [5.41, 5.74) is 2.10. The molecule has 19 heavy (non-hydrogen) atoms. The lowest BCUT2D eigenvalue weighted by atomic mass is 9.85. The molecule has 0 saturated heterocycles. The van der Waals surface area contributed by atoms with Crippen molar-refractivity contribution in [3.05, 3.63) is 42.6 Å². The van der Waals surface area contributed by atoms with Gasteiger partial charge >= 0.3 is 0 Å². The zero-order chi connectivity index (χ0) is 13.2. The highest BCUT2D eigenvalue weighted by atomic mass is 16.3. The van der Waals surface area contributed by atoms with E-state index in [2.05, 4.69) is 24.2 Å². The minimum absolute atomic E-state index is 0.133. The summed E-state index contributed by atoms with van der Waals surface area (Å²) in [6, 6.07) is 12.3. The van der Waals surface area contributed by atoms with E-state index in [1.54, 1.807) is 0 Å². The number of hydrogen-bond acceptors (Lipinski definition) is 2. The second-order valence-corrected chi connectivity index (χ2v) is 5.60. The predicted molar refractivity (Wildman–Crippen MR) is 75.7 cm³/mol. The van der Waals surface area contributed by atoms with Gasteiger partial charge in [-0.05, 0) is 31.2 Å². The van der Waals surface area contributed by atoms with Crippen LogP contribution in [-0.4, -0.2) is 21.0 Å². The van der Waals surface area contributed by atoms with Gasteiger partial charge in [0, 0.05) is 11.8 Å². The quantitative estimate of drug-likeness (QED) is 0.895. The fourth-order valence-corrected chi connectivity index (χ4v) is 2.93. The molecule has 3 rings (SSSR count). The van der Waals surface area contributed by atoms with Gasteiger partial charge in [0.15, 0.2) is 0 Å². The molecule has 0 amide bonds. The van der Waals surface area contributed by atoms with Gasteiger partial charge in [0.1, 0.15) is 0 Å². The van der Waals surface area contributed by atoms with Gasteiger partial charge in [-0.2, -0.15) is 5.10 Å². The number of aromatic nitrogens is 2. The third-order valence-corrected chi connectivity index (χ3v) is 4.06. The third-order valence-electron chi connectivity index (χ3n) is 4.06. The first-order valence-electron chi connectivity index (χ1n) is 7.02. The fourth-order valence-electron chi connectivity index (χ4n) is 2.93. The molecule has 1 fully saturated rings. The van der Waals surface area contributed by atoms with Gasteiger partial charge in [-0.15, -0.1) is 0 Å². The Bertz CT molecular complexity index is 535. The van der Waals surface area contributed by atoms with E-state index in [9.17, 15) is 5.11 Å². The summed E-state index contributed by atoms with van der Waals surface area (Å²) < 4.78 is 1.94. The maximum atomic E-state index is 10.2. The van der Waals surface area contributed by atoms with E-state index >= 15 is 0 Å². The van der Waals surface area contributed by atoms with Crippen molar-refractivity contribution in [1.29, 1.82) is 0 Å². The highest BCUT2D eigenvalue weighted by Gasteiger charge is 2.28. The van der Waals surface area contributed by atoms with Gasteiger partial charge in [-0.3, -0.25) is 4.68 Å². The van der Waals surface area contributed by atoms with E-state index in [0.29, 0.717) is 5.92 Å². The summed E-state index contributed by atoms with van der Waals surface area (Å²) in [4.78, 5) is 0. The van der Waals surface area contributed by atoms with Crippen molar-refractivity contribution in [2.24, 2.45) is 5.92 Å². The Morgan fingerprint density at radius 1 is 1.16 bits per heavy atom. The lowest BCUT2D eigenvalue weighted by molar-refractivity contribution is 0.0492. The molecule has 2 aromatic rings. The molecule has 3 atom stereocenters. The molecule has 1 aliphatic rings. The molecule has 1 aromatic carbocycles. The van der Waals surface area contributed by atoms with Crippen LogP contribution < -0.4 is 0 Å². The van der Waals surface area contributed by atoms with Crippen molar-refractivity contribution in [2.45, 2.75) is 38.3 Å². The van der Waals surface area contributed by atoms with Gasteiger partial charge in [0.2, 0.25) is 0 Å². The van der Waals surface area contributed by atoms with E-state index in [1.807, 2.05) is 35.1 Å². The molecular formula is C16H20N2O. The van der Waals surface area contributed by atoms with Crippen LogP contribution in [0.4, 0.5) is 0 Å². The zero-order valence-electron chi connectivity index (χ0n) is 11.2. The van der Waals surface area contributed by atoms with Crippen molar-refractivity contribution < 1.29 is 5.11 Å². The second-order valence-electron chi connectivity index (χ2n) is 5.60. The zero-order valence-corrected chi connectivity index (χ0v) is 11.2. The predicted octanol–water partition coefficient (Wildman–Crippen LogP) is 3.27. The van der Waals surface area contributed by atoms with Crippen LogP contribution in [0.1, 0.15) is 32.2 Å². The van der Waals surface area contributed by atoms with Gasteiger partial charge in [-0.1, -0.05) is 37.3 Å². The minimum atomic E-state index is -0.271. The third kappa shape index (κ3) is 2.56. The monoisotopic (exact) mass is 256 g/mol. The summed E-state index contributed by atoms with van der Waals surface area (Å²) in [5, 5.41) is 14.8. The maximum absolute atomic E-state index is 10.2. The lowest BCUT2D eigenvalue weighted by Crippen LogP contribution is -2.31.